The van der Waals surface area contributed by atoms with Crippen LogP contribution in [-0.2, 0) is 34.0 Å². The van der Waals surface area contributed by atoms with Crippen LogP contribution in [0.3, 0.4) is 0 Å². The van der Waals surface area contributed by atoms with Gasteiger partial charge in [-0.15, -0.1) is 11.8 Å². The number of nitrogens with zero attached hydrogens (tertiary/aromatic N) is 6. The van der Waals surface area contributed by atoms with Crippen molar-refractivity contribution in [1.29, 1.82) is 0 Å². The third-order valence-corrected chi connectivity index (χ3v) is 20.4. The fraction of sp³-hybridized carbons (Fsp3) is 0.169. The Labute approximate surface area is 609 Å². The van der Waals surface area contributed by atoms with Crippen LogP contribution in [0.15, 0.2) is 169 Å². The summed E-state index contributed by atoms with van der Waals surface area (Å²) < 4.78 is 49.4. The number of aromatic hydroxyl groups is 1. The quantitative estimate of drug-likeness (QED) is 0.0660. The lowest BCUT2D eigenvalue weighted by Crippen LogP contribution is -2.12. The minimum Gasteiger partial charge on any atom is -0.508 e. The van der Waals surface area contributed by atoms with Crippen LogP contribution >= 0.6 is 46.6 Å². The van der Waals surface area contributed by atoms with Gasteiger partial charge in [-0.1, -0.05) is 107 Å². The number of hydrogen-bond acceptors (Lipinski definition) is 11. The molecule has 516 valence electrons. The predicted molar refractivity (Wildman–Crippen MR) is 406 cm³/mol. The third-order valence-electron chi connectivity index (χ3n) is 18.7. The van der Waals surface area contributed by atoms with Crippen LogP contribution in [0.2, 0.25) is 15.5 Å². The van der Waals surface area contributed by atoms with Crippen molar-refractivity contribution in [3.8, 4) is 5.75 Å². The number of carbonyl (C=O) groups excluding carboxylic acids is 6. The highest BCUT2D eigenvalue weighted by Crippen LogP contribution is 2.42. The molecule has 0 saturated heterocycles. The van der Waals surface area contributed by atoms with E-state index in [0.717, 1.165) is 37.7 Å². The highest BCUT2D eigenvalue weighted by atomic mass is 35.5. The highest BCUT2D eigenvalue weighted by molar-refractivity contribution is 7.98. The fourth-order valence-electron chi connectivity index (χ4n) is 13.8. The minimum atomic E-state index is -0.407. The third kappa shape index (κ3) is 13.7. The van der Waals surface area contributed by atoms with Gasteiger partial charge in [0.2, 0.25) is 0 Å². The van der Waals surface area contributed by atoms with Crippen LogP contribution in [0.25, 0.3) is 82.1 Å². The van der Waals surface area contributed by atoms with Gasteiger partial charge in [-0.25, -0.2) is 28.1 Å². The van der Waals surface area contributed by atoms with E-state index in [0.29, 0.717) is 132 Å². The second-order valence-corrected chi connectivity index (χ2v) is 27.8. The summed E-state index contributed by atoms with van der Waals surface area (Å²) in [6.07, 6.45) is 18.7. The summed E-state index contributed by atoms with van der Waals surface area (Å²) in [6.45, 7) is 11.9. The summed E-state index contributed by atoms with van der Waals surface area (Å²) in [4.78, 5) is 92.0. The molecule has 0 spiro atoms. The number of phenols is 1. The number of ketones is 6. The number of halogens is 6. The summed E-state index contributed by atoms with van der Waals surface area (Å²) in [5.74, 6) is -2.02. The molecule has 0 amide bonds. The Kier molecular flexibility index (Phi) is 19.7. The molecule has 0 atom stereocenters. The van der Waals surface area contributed by atoms with Gasteiger partial charge in [0.1, 0.15) is 38.7 Å². The van der Waals surface area contributed by atoms with Crippen molar-refractivity contribution in [3.05, 3.63) is 270 Å². The largest absolute Gasteiger partial charge is 0.508 e. The molecule has 0 bridgehead atoms. The number of pyridine rings is 3. The van der Waals surface area contributed by atoms with Gasteiger partial charge in [0.15, 0.2) is 34.7 Å². The zero-order valence-corrected chi connectivity index (χ0v) is 60.2. The molecule has 0 radical (unpaired) electrons. The number of benzene rings is 6. The predicted octanol–water partition coefficient (Wildman–Crippen LogP) is 20.1. The number of phenolic OH excluding ortho intramolecular Hbond substituents is 1. The summed E-state index contributed by atoms with van der Waals surface area (Å²) in [5, 5.41) is 15.2. The maximum absolute atomic E-state index is 14.8. The number of rotatable bonds is 13. The SMILES string of the molecule is CC(=O)c1c(C2=CC=CCC2=O)c2cc(C)c(F)cc2n1Cc1cc2cc(C)ccc2nc1Cl.CC(=O)c1c(C2=CC=CCC2=O)c2cc(C)c(F)cc2n1Cc1cc2ccc(O)cc2nc1Cl.CSc1ccc2cc(Cn3c(C(C)=O)c(C4=CC=CCC4=O)c4cc(C)c(F)cc43)c(Cl)nc2c1. The number of carbonyl (C=O) groups is 6. The molecule has 0 aliphatic heterocycles. The van der Waals surface area contributed by atoms with Crippen LogP contribution in [-0.4, -0.2) is 74.7 Å². The molecule has 15 rings (SSSR count). The molecule has 6 aromatic carbocycles. The highest BCUT2D eigenvalue weighted by Gasteiger charge is 2.32. The Hall–Kier alpha value is -10.6. The van der Waals surface area contributed by atoms with E-state index in [2.05, 4.69) is 15.0 Å². The van der Waals surface area contributed by atoms with Crippen molar-refractivity contribution >= 4 is 163 Å². The lowest BCUT2D eigenvalue weighted by molar-refractivity contribution is -0.113. The van der Waals surface area contributed by atoms with Gasteiger partial charge < -0.3 is 18.8 Å². The summed E-state index contributed by atoms with van der Waals surface area (Å²) in [6, 6.07) is 31.8. The number of hydrogen-bond donors (Lipinski definition) is 1. The molecule has 3 aliphatic carbocycles. The second kappa shape index (κ2) is 28.7. The van der Waals surface area contributed by atoms with Gasteiger partial charge in [0.25, 0.3) is 0 Å². The van der Waals surface area contributed by atoms with E-state index in [1.165, 1.54) is 45.0 Å². The molecule has 0 unspecified atom stereocenters. The van der Waals surface area contributed by atoms with Crippen LogP contribution in [0.4, 0.5) is 13.2 Å². The summed E-state index contributed by atoms with van der Waals surface area (Å²) in [5.41, 5.74) is 12.0. The van der Waals surface area contributed by atoms with E-state index >= 15 is 0 Å². The first kappa shape index (κ1) is 70.9. The number of aromatic nitrogens is 6. The maximum Gasteiger partial charge on any atom is 0.176 e. The molecule has 20 heteroatoms. The molecule has 3 aliphatic rings. The average Bonchev–Trinajstić information content (AvgIpc) is 1.60. The van der Waals surface area contributed by atoms with E-state index in [9.17, 15) is 47.0 Å². The van der Waals surface area contributed by atoms with Crippen molar-refractivity contribution in [2.24, 2.45) is 0 Å². The van der Waals surface area contributed by atoms with Gasteiger partial charge >= 0.3 is 0 Å². The molecule has 103 heavy (non-hydrogen) atoms. The number of fused-ring (bicyclic) bond motifs is 6. The van der Waals surface area contributed by atoms with E-state index < -0.39 is 5.82 Å². The van der Waals surface area contributed by atoms with Gasteiger partial charge in [-0.05, 0) is 142 Å². The summed E-state index contributed by atoms with van der Waals surface area (Å²) >= 11 is 21.3. The second-order valence-electron chi connectivity index (χ2n) is 25.8. The maximum atomic E-state index is 14.8. The molecule has 0 fully saturated rings. The van der Waals surface area contributed by atoms with E-state index in [1.54, 1.807) is 119 Å². The molecule has 13 nitrogen and oxygen atoms in total. The van der Waals surface area contributed by atoms with Gasteiger partial charge in [0.05, 0.1) is 69.8 Å². The van der Waals surface area contributed by atoms with E-state index in [-0.39, 0.29) is 96.1 Å². The molecule has 6 heterocycles. The van der Waals surface area contributed by atoms with Crippen LogP contribution < -0.4 is 0 Å². The Morgan fingerprint density at radius 1 is 0.456 bits per heavy atom. The Morgan fingerprint density at radius 2 is 0.816 bits per heavy atom. The molecule has 6 aromatic heterocycles. The topological polar surface area (TPSA) is 176 Å². The number of aryl methyl sites for hydroxylation is 4. The first-order valence-corrected chi connectivity index (χ1v) is 35.3. The normalized spacial score (nSPS) is 13.7. The molecule has 12 aromatic rings. The molecule has 1 N–H and O–H groups in total. The number of allylic oxidation sites excluding steroid dienone is 12. The lowest BCUT2D eigenvalue weighted by atomic mass is 9.92. The van der Waals surface area contributed by atoms with E-state index in [1.807, 2.05) is 79.9 Å². The molecular weight excluding hydrogens is 1390 g/mol. The van der Waals surface area contributed by atoms with E-state index in [4.69, 9.17) is 34.8 Å². The lowest BCUT2D eigenvalue weighted by Gasteiger charge is -2.14. The smallest absolute Gasteiger partial charge is 0.176 e. The molecular formula is C83H64Cl3F3N6O7S. The van der Waals surface area contributed by atoms with Gasteiger partial charge in [-0.2, -0.15) is 0 Å². The molecule has 0 saturated carbocycles. The Balaban J connectivity index is 0.000000138. The summed E-state index contributed by atoms with van der Waals surface area (Å²) in [7, 11) is 0. The fourth-order valence-corrected chi connectivity index (χ4v) is 14.8. The van der Waals surface area contributed by atoms with Crippen LogP contribution in [0.1, 0.15) is 127 Å². The van der Waals surface area contributed by atoms with Crippen molar-refractivity contribution in [1.82, 2.24) is 28.7 Å². The van der Waals surface area contributed by atoms with Crippen LogP contribution in [0.5, 0.6) is 5.75 Å². The van der Waals surface area contributed by atoms with Crippen molar-refractivity contribution < 1.29 is 47.0 Å². The monoisotopic (exact) mass is 1450 g/mol. The van der Waals surface area contributed by atoms with Crippen molar-refractivity contribution in [2.75, 3.05) is 6.26 Å². The Bertz CT molecular complexity index is 5950. The standard InChI is InChI=1S/C28H22ClFN2O2S.C28H22ClFN2O2.C27H20ClFN2O3/c1-15-10-21-24(13-22(15)30)32(27(16(2)33)26(21)20-6-4-5-7-25(20)34)14-18-11-17-8-9-19(35-3)12-23(17)31-28(18)29;1-15-8-9-23-18(10-15)12-19(28(29)31-23)14-32-24-13-22(30)16(2)11-21(24)26(27(32)17(3)33)20-6-4-5-7-25(20)34;1-14-9-20-23(12-21(14)29)31(26(15(2)32)25(20)19-5-3-4-6-24(19)34)13-17-10-16-7-8-18(33)11-22(16)30-27(17)28/h4-6,8-13H,7,14H2,1-3H3;4-6,8-13H,7,14H2,1-3H3;3-5,7-12,33H,6,13H2,1-2H3. The Morgan fingerprint density at radius 3 is 1.18 bits per heavy atom. The number of Topliss-reactive ketones (excluding diaryl/α,β-unsaturated/α-hetero) is 6. The minimum absolute atomic E-state index is 0.0769. The van der Waals surface area contributed by atoms with Gasteiger partial charge in [0, 0.05) is 133 Å². The first-order chi connectivity index (χ1) is 49.3. The van der Waals surface area contributed by atoms with Crippen LogP contribution in [0, 0.1) is 45.1 Å². The van der Waals surface area contributed by atoms with Crippen molar-refractivity contribution in [2.45, 2.75) is 92.3 Å². The van der Waals surface area contributed by atoms with Crippen molar-refractivity contribution in [3.63, 3.8) is 0 Å². The zero-order valence-electron chi connectivity index (χ0n) is 57.1. The number of thioether (sulfide) groups is 1. The first-order valence-electron chi connectivity index (χ1n) is 32.9. The average molecular weight is 1450 g/mol. The zero-order chi connectivity index (χ0) is 73.1. The van der Waals surface area contributed by atoms with Gasteiger partial charge in [-0.3, -0.25) is 28.8 Å².